The maximum absolute atomic E-state index is 12.8. The molecule has 1 N–H and O–H groups in total. The predicted octanol–water partition coefficient (Wildman–Crippen LogP) is 3.66. The fourth-order valence-corrected chi connectivity index (χ4v) is 1.70. The monoisotopic (exact) mass is 243 g/mol. The van der Waals surface area contributed by atoms with E-state index >= 15 is 0 Å². The van der Waals surface area contributed by atoms with Crippen molar-refractivity contribution < 1.29 is 4.39 Å². The second-order valence-corrected chi connectivity index (χ2v) is 4.61. The van der Waals surface area contributed by atoms with E-state index in [4.69, 9.17) is 11.6 Å². The molecule has 1 aromatic rings. The molecular weight excluding hydrogens is 225 g/mol. The van der Waals surface area contributed by atoms with E-state index in [1.54, 1.807) is 6.07 Å². The van der Waals surface area contributed by atoms with E-state index < -0.39 is 0 Å². The first kappa shape index (κ1) is 13.5. The minimum absolute atomic E-state index is 0.277. The zero-order chi connectivity index (χ0) is 12.0. The summed E-state index contributed by atoms with van der Waals surface area (Å²) >= 11 is 5.93. The molecule has 3 heteroatoms. The first-order valence-corrected chi connectivity index (χ1v) is 6.16. The summed E-state index contributed by atoms with van der Waals surface area (Å²) in [4.78, 5) is 0. The number of hydrogen-bond donors (Lipinski definition) is 1. The van der Waals surface area contributed by atoms with Crippen LogP contribution in [0.4, 0.5) is 4.39 Å². The van der Waals surface area contributed by atoms with Gasteiger partial charge in [-0.3, -0.25) is 0 Å². The topological polar surface area (TPSA) is 12.0 Å². The van der Waals surface area contributed by atoms with E-state index in [0.29, 0.717) is 10.9 Å². The maximum Gasteiger partial charge on any atom is 0.124 e. The standard InChI is InChI=1S/C13H19ClFN/c1-3-10(2)9-16-7-6-11-4-5-12(15)8-13(11)14/h4-5,8,10,16H,3,6-7,9H2,1-2H3. The summed E-state index contributed by atoms with van der Waals surface area (Å²) in [5.41, 5.74) is 1.000. The van der Waals surface area contributed by atoms with Crippen LogP contribution in [-0.2, 0) is 6.42 Å². The van der Waals surface area contributed by atoms with Crippen molar-refractivity contribution in [1.82, 2.24) is 5.32 Å². The fraction of sp³-hybridized carbons (Fsp3) is 0.538. The third kappa shape index (κ3) is 4.50. The Balaban J connectivity index is 2.32. The Morgan fingerprint density at radius 3 is 2.81 bits per heavy atom. The van der Waals surface area contributed by atoms with E-state index in [1.165, 1.54) is 18.6 Å². The van der Waals surface area contributed by atoms with Gasteiger partial charge < -0.3 is 5.32 Å². The van der Waals surface area contributed by atoms with Gasteiger partial charge in [0.05, 0.1) is 0 Å². The van der Waals surface area contributed by atoms with Crippen LogP contribution in [0.25, 0.3) is 0 Å². The molecule has 0 saturated carbocycles. The van der Waals surface area contributed by atoms with Gasteiger partial charge in [0.25, 0.3) is 0 Å². The lowest BCUT2D eigenvalue weighted by molar-refractivity contribution is 0.502. The summed E-state index contributed by atoms with van der Waals surface area (Å²) < 4.78 is 12.8. The van der Waals surface area contributed by atoms with Crippen molar-refractivity contribution in [2.24, 2.45) is 5.92 Å². The highest BCUT2D eigenvalue weighted by Crippen LogP contribution is 2.17. The third-order valence-corrected chi connectivity index (χ3v) is 3.13. The van der Waals surface area contributed by atoms with Crippen LogP contribution in [-0.4, -0.2) is 13.1 Å². The van der Waals surface area contributed by atoms with Gasteiger partial charge in [-0.05, 0) is 43.1 Å². The normalized spacial score (nSPS) is 12.8. The molecule has 0 aliphatic carbocycles. The summed E-state index contributed by atoms with van der Waals surface area (Å²) in [6.07, 6.45) is 2.03. The van der Waals surface area contributed by atoms with Crippen molar-refractivity contribution in [2.45, 2.75) is 26.7 Å². The molecule has 1 nitrogen and oxygen atoms in total. The molecule has 1 aromatic carbocycles. The lowest BCUT2D eigenvalue weighted by Crippen LogP contribution is -2.23. The first-order valence-electron chi connectivity index (χ1n) is 5.78. The average molecular weight is 244 g/mol. The Bertz CT molecular complexity index is 328. The minimum Gasteiger partial charge on any atom is -0.316 e. The Kier molecular flexibility index (Phi) is 5.78. The number of benzene rings is 1. The number of hydrogen-bond acceptors (Lipinski definition) is 1. The van der Waals surface area contributed by atoms with Gasteiger partial charge in [-0.15, -0.1) is 0 Å². The Labute approximate surface area is 102 Å². The van der Waals surface area contributed by atoms with Crippen molar-refractivity contribution in [2.75, 3.05) is 13.1 Å². The molecule has 0 fully saturated rings. The second-order valence-electron chi connectivity index (χ2n) is 4.20. The minimum atomic E-state index is -0.277. The predicted molar refractivity (Wildman–Crippen MR) is 67.4 cm³/mol. The van der Waals surface area contributed by atoms with Gasteiger partial charge >= 0.3 is 0 Å². The molecule has 0 aliphatic heterocycles. The lowest BCUT2D eigenvalue weighted by atomic mass is 10.1. The van der Waals surface area contributed by atoms with Crippen LogP contribution in [0, 0.1) is 11.7 Å². The van der Waals surface area contributed by atoms with Gasteiger partial charge in [-0.25, -0.2) is 4.39 Å². The molecular formula is C13H19ClFN. The summed E-state index contributed by atoms with van der Waals surface area (Å²) in [6.45, 7) is 6.31. The molecule has 0 aromatic heterocycles. The van der Waals surface area contributed by atoms with Crippen molar-refractivity contribution in [3.05, 3.63) is 34.6 Å². The quantitative estimate of drug-likeness (QED) is 0.752. The van der Waals surface area contributed by atoms with Gasteiger partial charge in [0.2, 0.25) is 0 Å². The molecule has 0 spiro atoms. The summed E-state index contributed by atoms with van der Waals surface area (Å²) in [6, 6.07) is 4.57. The Hall–Kier alpha value is -0.600. The number of rotatable bonds is 6. The summed E-state index contributed by atoms with van der Waals surface area (Å²) in [7, 11) is 0. The molecule has 0 saturated heterocycles. The van der Waals surface area contributed by atoms with Gasteiger partial charge in [-0.2, -0.15) is 0 Å². The van der Waals surface area contributed by atoms with Crippen LogP contribution < -0.4 is 5.32 Å². The highest BCUT2D eigenvalue weighted by Gasteiger charge is 2.02. The summed E-state index contributed by atoms with van der Waals surface area (Å²) in [5, 5.41) is 3.89. The molecule has 0 amide bonds. The highest BCUT2D eigenvalue weighted by atomic mass is 35.5. The van der Waals surface area contributed by atoms with Gasteiger partial charge in [0.1, 0.15) is 5.82 Å². The van der Waals surface area contributed by atoms with Crippen LogP contribution >= 0.6 is 11.6 Å². The van der Waals surface area contributed by atoms with Crippen molar-refractivity contribution >= 4 is 11.6 Å². The van der Waals surface area contributed by atoms with Gasteiger partial charge in [0.15, 0.2) is 0 Å². The van der Waals surface area contributed by atoms with Gasteiger partial charge in [-0.1, -0.05) is 37.9 Å². The maximum atomic E-state index is 12.8. The van der Waals surface area contributed by atoms with E-state index in [2.05, 4.69) is 19.2 Å². The highest BCUT2D eigenvalue weighted by molar-refractivity contribution is 6.31. The molecule has 0 radical (unpaired) electrons. The van der Waals surface area contributed by atoms with Crippen LogP contribution in [0.2, 0.25) is 5.02 Å². The Morgan fingerprint density at radius 1 is 1.44 bits per heavy atom. The molecule has 90 valence electrons. The first-order chi connectivity index (χ1) is 7.63. The van der Waals surface area contributed by atoms with E-state index in [1.807, 2.05) is 0 Å². The Morgan fingerprint density at radius 2 is 2.19 bits per heavy atom. The SMILES string of the molecule is CCC(C)CNCCc1ccc(F)cc1Cl. The van der Waals surface area contributed by atoms with Crippen LogP contribution in [0.1, 0.15) is 25.8 Å². The number of halogens is 2. The van der Waals surface area contributed by atoms with E-state index in [0.717, 1.165) is 25.1 Å². The zero-order valence-corrected chi connectivity index (χ0v) is 10.6. The van der Waals surface area contributed by atoms with Crippen molar-refractivity contribution in [3.63, 3.8) is 0 Å². The van der Waals surface area contributed by atoms with Crippen molar-refractivity contribution in [1.29, 1.82) is 0 Å². The fourth-order valence-electron chi connectivity index (χ4n) is 1.44. The average Bonchev–Trinajstić information content (AvgIpc) is 2.26. The molecule has 0 heterocycles. The molecule has 16 heavy (non-hydrogen) atoms. The molecule has 0 aliphatic rings. The van der Waals surface area contributed by atoms with E-state index in [-0.39, 0.29) is 5.82 Å². The lowest BCUT2D eigenvalue weighted by Gasteiger charge is -2.10. The zero-order valence-electron chi connectivity index (χ0n) is 9.89. The molecule has 0 bridgehead atoms. The van der Waals surface area contributed by atoms with Crippen LogP contribution in [0.5, 0.6) is 0 Å². The largest absolute Gasteiger partial charge is 0.316 e. The van der Waals surface area contributed by atoms with E-state index in [9.17, 15) is 4.39 Å². The third-order valence-electron chi connectivity index (χ3n) is 2.78. The second kappa shape index (κ2) is 6.87. The molecule has 1 rings (SSSR count). The van der Waals surface area contributed by atoms with Crippen LogP contribution in [0.3, 0.4) is 0 Å². The van der Waals surface area contributed by atoms with Crippen molar-refractivity contribution in [3.8, 4) is 0 Å². The number of nitrogens with one attached hydrogen (secondary N) is 1. The smallest absolute Gasteiger partial charge is 0.124 e. The van der Waals surface area contributed by atoms with Gasteiger partial charge in [0, 0.05) is 5.02 Å². The van der Waals surface area contributed by atoms with Crippen LogP contribution in [0.15, 0.2) is 18.2 Å². The molecule has 1 unspecified atom stereocenters. The molecule has 1 atom stereocenters. The summed E-state index contributed by atoms with van der Waals surface area (Å²) in [5.74, 6) is 0.421.